The van der Waals surface area contributed by atoms with Crippen molar-refractivity contribution >= 4 is 65.2 Å². The summed E-state index contributed by atoms with van der Waals surface area (Å²) >= 11 is 0. The number of para-hydroxylation sites is 2. The summed E-state index contributed by atoms with van der Waals surface area (Å²) in [4.78, 5) is 0. The lowest BCUT2D eigenvalue weighted by Crippen LogP contribution is -2.15. The normalized spacial score (nSPS) is 13.4. The van der Waals surface area contributed by atoms with Crippen molar-refractivity contribution in [2.45, 2.75) is 19.3 Å². The van der Waals surface area contributed by atoms with Gasteiger partial charge in [-0.05, 0) is 104 Å². The number of fused-ring (bicyclic) bond motifs is 11. The Balaban J connectivity index is 1.20. The maximum Gasteiger partial charge on any atom is 0.0561 e. The van der Waals surface area contributed by atoms with Crippen LogP contribution in [0.2, 0.25) is 0 Å². The summed E-state index contributed by atoms with van der Waals surface area (Å²) in [6.07, 6.45) is 0. The number of hydrogen-bond acceptors (Lipinski definition) is 0. The molecule has 0 fully saturated rings. The molecule has 0 atom stereocenters. The summed E-state index contributed by atoms with van der Waals surface area (Å²) < 4.78 is 5.01. The SMILES string of the molecule is CC1(C)c2ccccc2-c2cc3c4ccccc4n(-c4cc(-n5c6ccccc6c6cc7ccccc7cc65)ccc4-c4ccc5ccccc5c4)c3cc21. The lowest BCUT2D eigenvalue weighted by Gasteiger charge is -2.22. The Morgan fingerprint density at radius 3 is 1.73 bits per heavy atom. The molecule has 0 aliphatic heterocycles. The predicted octanol–water partition coefficient (Wildman–Crippen LogP) is 14.2. The molecule has 0 N–H and O–H groups in total. The molecular formula is C53H36N2. The third kappa shape index (κ3) is 4.25. The summed E-state index contributed by atoms with van der Waals surface area (Å²) in [7, 11) is 0. The Kier molecular flexibility index (Phi) is 6.15. The van der Waals surface area contributed by atoms with E-state index in [-0.39, 0.29) is 5.41 Å². The van der Waals surface area contributed by atoms with Crippen LogP contribution in [0.3, 0.4) is 0 Å². The van der Waals surface area contributed by atoms with Crippen LogP contribution in [0.15, 0.2) is 182 Å². The van der Waals surface area contributed by atoms with Gasteiger partial charge < -0.3 is 9.13 Å². The second-order valence-corrected chi connectivity index (χ2v) is 15.8. The van der Waals surface area contributed by atoms with Gasteiger partial charge in [-0.25, -0.2) is 0 Å². The van der Waals surface area contributed by atoms with Crippen LogP contribution in [-0.2, 0) is 5.41 Å². The molecule has 12 rings (SSSR count). The van der Waals surface area contributed by atoms with E-state index >= 15 is 0 Å². The molecule has 2 aromatic heterocycles. The highest BCUT2D eigenvalue weighted by molar-refractivity contribution is 6.14. The second-order valence-electron chi connectivity index (χ2n) is 15.8. The van der Waals surface area contributed by atoms with E-state index in [0.717, 1.165) is 5.69 Å². The summed E-state index contributed by atoms with van der Waals surface area (Å²) in [5.41, 5.74) is 14.9. The molecule has 0 unspecified atom stereocenters. The Bertz CT molecular complexity index is 3410. The highest BCUT2D eigenvalue weighted by atomic mass is 15.0. The number of rotatable bonds is 3. The Hall–Kier alpha value is -6.90. The molecule has 0 saturated carbocycles. The maximum absolute atomic E-state index is 2.54. The van der Waals surface area contributed by atoms with Crippen molar-refractivity contribution in [3.63, 3.8) is 0 Å². The van der Waals surface area contributed by atoms with Gasteiger partial charge in [-0.15, -0.1) is 0 Å². The van der Waals surface area contributed by atoms with Crippen LogP contribution in [0.4, 0.5) is 0 Å². The van der Waals surface area contributed by atoms with Gasteiger partial charge in [0.2, 0.25) is 0 Å². The topological polar surface area (TPSA) is 9.86 Å². The van der Waals surface area contributed by atoms with Crippen molar-refractivity contribution < 1.29 is 0 Å². The quantitative estimate of drug-likeness (QED) is 0.174. The van der Waals surface area contributed by atoms with Crippen LogP contribution in [0, 0.1) is 0 Å². The van der Waals surface area contributed by atoms with E-state index in [1.807, 2.05) is 0 Å². The van der Waals surface area contributed by atoms with Gasteiger partial charge >= 0.3 is 0 Å². The zero-order chi connectivity index (χ0) is 36.4. The van der Waals surface area contributed by atoms with Crippen molar-refractivity contribution in [1.29, 1.82) is 0 Å². The first-order valence-electron chi connectivity index (χ1n) is 19.3. The molecule has 0 spiro atoms. The van der Waals surface area contributed by atoms with Gasteiger partial charge in [-0.3, -0.25) is 0 Å². The zero-order valence-corrected chi connectivity index (χ0v) is 30.7. The first-order valence-corrected chi connectivity index (χ1v) is 19.3. The predicted molar refractivity (Wildman–Crippen MR) is 233 cm³/mol. The monoisotopic (exact) mass is 700 g/mol. The zero-order valence-electron chi connectivity index (χ0n) is 30.7. The van der Waals surface area contributed by atoms with E-state index in [9.17, 15) is 0 Å². The molecule has 0 radical (unpaired) electrons. The Morgan fingerprint density at radius 2 is 0.945 bits per heavy atom. The Labute approximate surface area is 319 Å². The van der Waals surface area contributed by atoms with Crippen molar-refractivity contribution in [2.75, 3.05) is 0 Å². The largest absolute Gasteiger partial charge is 0.309 e. The van der Waals surface area contributed by atoms with Gasteiger partial charge in [0, 0.05) is 38.2 Å². The summed E-state index contributed by atoms with van der Waals surface area (Å²) in [5.74, 6) is 0. The molecule has 11 aromatic rings. The average Bonchev–Trinajstić information content (AvgIpc) is 3.81. The molecule has 2 nitrogen and oxygen atoms in total. The molecule has 258 valence electrons. The maximum atomic E-state index is 2.54. The first-order chi connectivity index (χ1) is 27.0. The highest BCUT2D eigenvalue weighted by Crippen LogP contribution is 2.51. The van der Waals surface area contributed by atoms with Crippen LogP contribution < -0.4 is 0 Å². The van der Waals surface area contributed by atoms with Gasteiger partial charge in [0.15, 0.2) is 0 Å². The van der Waals surface area contributed by atoms with Gasteiger partial charge in [0.05, 0.1) is 27.8 Å². The molecule has 2 heteroatoms. The fourth-order valence-electron chi connectivity index (χ4n) is 9.80. The first kappa shape index (κ1) is 30.6. The lowest BCUT2D eigenvalue weighted by molar-refractivity contribution is 0.661. The second kappa shape index (κ2) is 11.1. The minimum atomic E-state index is -0.115. The van der Waals surface area contributed by atoms with Crippen molar-refractivity contribution in [3.05, 3.63) is 193 Å². The van der Waals surface area contributed by atoms with Crippen molar-refractivity contribution in [3.8, 4) is 33.6 Å². The van der Waals surface area contributed by atoms with Crippen LogP contribution in [0.1, 0.15) is 25.0 Å². The van der Waals surface area contributed by atoms with Crippen LogP contribution in [0.5, 0.6) is 0 Å². The van der Waals surface area contributed by atoms with E-state index in [1.165, 1.54) is 104 Å². The van der Waals surface area contributed by atoms with E-state index in [4.69, 9.17) is 0 Å². The average molecular weight is 701 g/mol. The highest BCUT2D eigenvalue weighted by Gasteiger charge is 2.36. The molecule has 2 heterocycles. The fourth-order valence-corrected chi connectivity index (χ4v) is 9.80. The molecule has 1 aliphatic carbocycles. The van der Waals surface area contributed by atoms with Crippen molar-refractivity contribution in [1.82, 2.24) is 9.13 Å². The van der Waals surface area contributed by atoms with Crippen LogP contribution >= 0.6 is 0 Å². The summed E-state index contributed by atoms with van der Waals surface area (Å²) in [5, 5.41) is 10.1. The molecule has 9 aromatic carbocycles. The van der Waals surface area contributed by atoms with Gasteiger partial charge in [-0.1, -0.05) is 141 Å². The minimum absolute atomic E-state index is 0.115. The van der Waals surface area contributed by atoms with Crippen LogP contribution in [-0.4, -0.2) is 9.13 Å². The van der Waals surface area contributed by atoms with E-state index in [0.29, 0.717) is 0 Å². The standard InChI is InChI=1S/C53H36N2/c1-53(2)46-20-10-7-17-40(46)43-31-45-42-19-9-12-22-49(42)55(52(45)32-47(43)53)51-30-38(25-26-39(51)37-24-23-33-13-3-4-14-34(33)27-37)54-48-21-11-8-18-41(48)44-28-35-15-5-6-16-36(35)29-50(44)54/h3-32H,1-2H3. The lowest BCUT2D eigenvalue weighted by atomic mass is 9.82. The number of hydrogen-bond donors (Lipinski definition) is 0. The third-order valence-electron chi connectivity index (χ3n) is 12.5. The summed E-state index contributed by atoms with van der Waals surface area (Å²) in [6.45, 7) is 4.76. The molecule has 0 bridgehead atoms. The third-order valence-corrected chi connectivity index (χ3v) is 12.5. The minimum Gasteiger partial charge on any atom is -0.309 e. The molecule has 1 aliphatic rings. The number of benzene rings is 9. The Morgan fingerprint density at radius 1 is 0.345 bits per heavy atom. The van der Waals surface area contributed by atoms with Gasteiger partial charge in [0.1, 0.15) is 0 Å². The number of nitrogens with zero attached hydrogens (tertiary/aromatic N) is 2. The van der Waals surface area contributed by atoms with E-state index < -0.39 is 0 Å². The molecule has 0 saturated heterocycles. The van der Waals surface area contributed by atoms with E-state index in [1.54, 1.807) is 0 Å². The smallest absolute Gasteiger partial charge is 0.0561 e. The fraction of sp³-hybridized carbons (Fsp3) is 0.0566. The summed E-state index contributed by atoms with van der Waals surface area (Å²) in [6, 6.07) is 67.8. The molecule has 55 heavy (non-hydrogen) atoms. The van der Waals surface area contributed by atoms with E-state index in [2.05, 4.69) is 205 Å². The molecule has 0 amide bonds. The van der Waals surface area contributed by atoms with Crippen LogP contribution in [0.25, 0.3) is 98.8 Å². The van der Waals surface area contributed by atoms with Crippen molar-refractivity contribution in [2.24, 2.45) is 0 Å². The number of aromatic nitrogens is 2. The van der Waals surface area contributed by atoms with Gasteiger partial charge in [-0.2, -0.15) is 0 Å². The van der Waals surface area contributed by atoms with Gasteiger partial charge in [0.25, 0.3) is 0 Å². The molecular weight excluding hydrogens is 665 g/mol.